The van der Waals surface area contributed by atoms with Crippen LogP contribution in [0.25, 0.3) is 0 Å². The molecular formula is C17H28N2O. The number of hydrogen-bond acceptors (Lipinski definition) is 3. The average molecular weight is 276 g/mol. The highest BCUT2D eigenvalue weighted by atomic mass is 16.5. The third-order valence-electron chi connectivity index (χ3n) is 4.16. The third kappa shape index (κ3) is 3.97. The molecule has 3 heteroatoms. The smallest absolute Gasteiger partial charge is 0.123 e. The molecule has 112 valence electrons. The number of nitrogens with one attached hydrogen (secondary N) is 1. The molecule has 2 rings (SSSR count). The van der Waals surface area contributed by atoms with E-state index in [4.69, 9.17) is 4.74 Å². The Morgan fingerprint density at radius 1 is 1.25 bits per heavy atom. The van der Waals surface area contributed by atoms with E-state index in [1.165, 1.54) is 43.5 Å². The van der Waals surface area contributed by atoms with Crippen LogP contribution < -0.4 is 10.1 Å². The van der Waals surface area contributed by atoms with Gasteiger partial charge in [-0.25, -0.2) is 0 Å². The first-order valence-corrected chi connectivity index (χ1v) is 7.89. The first kappa shape index (κ1) is 15.3. The molecule has 20 heavy (non-hydrogen) atoms. The van der Waals surface area contributed by atoms with Crippen molar-refractivity contribution in [1.82, 2.24) is 10.2 Å². The Labute approximate surface area is 123 Å². The van der Waals surface area contributed by atoms with Crippen LogP contribution in [0.1, 0.15) is 50.3 Å². The summed E-state index contributed by atoms with van der Waals surface area (Å²) in [5.41, 5.74) is 2.66. The van der Waals surface area contributed by atoms with Crippen molar-refractivity contribution in [2.45, 2.75) is 45.7 Å². The van der Waals surface area contributed by atoms with Crippen molar-refractivity contribution < 1.29 is 4.74 Å². The molecule has 0 spiro atoms. The lowest BCUT2D eigenvalue weighted by Crippen LogP contribution is -2.29. The van der Waals surface area contributed by atoms with Crippen molar-refractivity contribution in [3.05, 3.63) is 29.3 Å². The van der Waals surface area contributed by atoms with Crippen LogP contribution in [0, 0.1) is 0 Å². The van der Waals surface area contributed by atoms with Crippen molar-refractivity contribution in [3.8, 4) is 5.75 Å². The maximum absolute atomic E-state index is 5.80. The molecule has 1 saturated heterocycles. The second kappa shape index (κ2) is 7.65. The molecule has 0 saturated carbocycles. The molecule has 1 unspecified atom stereocenters. The second-order valence-corrected chi connectivity index (χ2v) is 5.65. The third-order valence-corrected chi connectivity index (χ3v) is 4.16. The van der Waals surface area contributed by atoms with E-state index in [1.807, 2.05) is 7.05 Å². The molecule has 0 aliphatic carbocycles. The Kier molecular flexibility index (Phi) is 5.86. The van der Waals surface area contributed by atoms with Gasteiger partial charge in [-0.15, -0.1) is 0 Å². The number of likely N-dealkylation sites (tertiary alicyclic amines) is 1. The highest BCUT2D eigenvalue weighted by molar-refractivity contribution is 5.38. The minimum atomic E-state index is 0.380. The monoisotopic (exact) mass is 276 g/mol. The van der Waals surface area contributed by atoms with E-state index in [0.29, 0.717) is 6.04 Å². The Hall–Kier alpha value is -1.06. The molecule has 0 bridgehead atoms. The number of ether oxygens (including phenoxy) is 1. The van der Waals surface area contributed by atoms with E-state index in [1.54, 1.807) is 0 Å². The zero-order valence-corrected chi connectivity index (χ0v) is 13.1. The molecule has 1 aliphatic heterocycles. The molecule has 0 amide bonds. The fourth-order valence-corrected chi connectivity index (χ4v) is 2.81. The molecular weight excluding hydrogens is 248 g/mol. The van der Waals surface area contributed by atoms with Crippen molar-refractivity contribution in [2.24, 2.45) is 0 Å². The van der Waals surface area contributed by atoms with Gasteiger partial charge in [0.2, 0.25) is 0 Å². The fraction of sp³-hybridized carbons (Fsp3) is 0.647. The summed E-state index contributed by atoms with van der Waals surface area (Å²) in [6.45, 7) is 8.43. The van der Waals surface area contributed by atoms with Crippen LogP contribution in [0.2, 0.25) is 0 Å². The number of nitrogens with zero attached hydrogens (tertiary/aromatic N) is 1. The van der Waals surface area contributed by atoms with Gasteiger partial charge in [-0.2, -0.15) is 0 Å². The summed E-state index contributed by atoms with van der Waals surface area (Å²) in [5.74, 6) is 1.05. The minimum Gasteiger partial charge on any atom is -0.494 e. The number of rotatable bonds is 6. The van der Waals surface area contributed by atoms with Crippen molar-refractivity contribution in [2.75, 3.05) is 26.7 Å². The summed E-state index contributed by atoms with van der Waals surface area (Å²) < 4.78 is 5.80. The zero-order valence-electron chi connectivity index (χ0n) is 13.1. The van der Waals surface area contributed by atoms with Crippen LogP contribution in [-0.4, -0.2) is 31.6 Å². The number of piperidine rings is 1. The van der Waals surface area contributed by atoms with Gasteiger partial charge in [0.25, 0.3) is 0 Å². The quantitative estimate of drug-likeness (QED) is 0.862. The summed E-state index contributed by atoms with van der Waals surface area (Å²) in [6.07, 6.45) is 4.04. The van der Waals surface area contributed by atoms with E-state index in [2.05, 4.69) is 42.3 Å². The molecule has 1 heterocycles. The standard InChI is InChI=1S/C17H28N2O/c1-4-20-17-9-8-15(14(2)18-3)12-16(17)13-19-10-6-5-7-11-19/h8-9,12,14,18H,4-7,10-11,13H2,1-3H3. The van der Waals surface area contributed by atoms with Crippen molar-refractivity contribution in [3.63, 3.8) is 0 Å². The molecule has 1 aliphatic rings. The Morgan fingerprint density at radius 2 is 2.00 bits per heavy atom. The molecule has 3 nitrogen and oxygen atoms in total. The SMILES string of the molecule is CCOc1ccc(C(C)NC)cc1CN1CCCCC1. The van der Waals surface area contributed by atoms with E-state index >= 15 is 0 Å². The molecule has 1 N–H and O–H groups in total. The van der Waals surface area contributed by atoms with E-state index in [-0.39, 0.29) is 0 Å². The first-order valence-electron chi connectivity index (χ1n) is 7.89. The lowest BCUT2D eigenvalue weighted by Gasteiger charge is -2.27. The molecule has 1 aromatic rings. The van der Waals surface area contributed by atoms with E-state index in [0.717, 1.165) is 18.9 Å². The van der Waals surface area contributed by atoms with Gasteiger partial charge in [-0.05, 0) is 64.5 Å². The molecule has 1 aromatic carbocycles. The van der Waals surface area contributed by atoms with Gasteiger partial charge in [0.1, 0.15) is 5.75 Å². The van der Waals surface area contributed by atoms with Gasteiger partial charge in [-0.1, -0.05) is 12.5 Å². The highest BCUT2D eigenvalue weighted by Gasteiger charge is 2.14. The topological polar surface area (TPSA) is 24.5 Å². The lowest BCUT2D eigenvalue weighted by atomic mass is 10.0. The van der Waals surface area contributed by atoms with Gasteiger partial charge in [0.15, 0.2) is 0 Å². The first-order chi connectivity index (χ1) is 9.74. The lowest BCUT2D eigenvalue weighted by molar-refractivity contribution is 0.216. The molecule has 0 aromatic heterocycles. The predicted octanol–water partition coefficient (Wildman–Crippen LogP) is 3.35. The summed E-state index contributed by atoms with van der Waals surface area (Å²) >= 11 is 0. The Balaban J connectivity index is 2.16. The minimum absolute atomic E-state index is 0.380. The maximum atomic E-state index is 5.80. The average Bonchev–Trinajstić information content (AvgIpc) is 2.49. The molecule has 0 radical (unpaired) electrons. The summed E-state index contributed by atoms with van der Waals surface area (Å²) in [5, 5.41) is 3.31. The Morgan fingerprint density at radius 3 is 2.65 bits per heavy atom. The van der Waals surface area contributed by atoms with Gasteiger partial charge >= 0.3 is 0 Å². The summed E-state index contributed by atoms with van der Waals surface area (Å²) in [4.78, 5) is 2.55. The van der Waals surface area contributed by atoms with Crippen molar-refractivity contribution in [1.29, 1.82) is 0 Å². The van der Waals surface area contributed by atoms with Crippen LogP contribution in [0.15, 0.2) is 18.2 Å². The Bertz CT molecular complexity index is 413. The predicted molar refractivity (Wildman–Crippen MR) is 84.2 cm³/mol. The van der Waals surface area contributed by atoms with E-state index < -0.39 is 0 Å². The van der Waals surface area contributed by atoms with Gasteiger partial charge in [0.05, 0.1) is 6.61 Å². The highest BCUT2D eigenvalue weighted by Crippen LogP contribution is 2.26. The normalized spacial score (nSPS) is 17.9. The molecule has 1 fully saturated rings. The summed E-state index contributed by atoms with van der Waals surface area (Å²) in [6, 6.07) is 6.99. The van der Waals surface area contributed by atoms with E-state index in [9.17, 15) is 0 Å². The van der Waals surface area contributed by atoms with Gasteiger partial charge < -0.3 is 10.1 Å². The van der Waals surface area contributed by atoms with Crippen LogP contribution >= 0.6 is 0 Å². The van der Waals surface area contributed by atoms with Crippen molar-refractivity contribution >= 4 is 0 Å². The second-order valence-electron chi connectivity index (χ2n) is 5.65. The fourth-order valence-electron chi connectivity index (χ4n) is 2.81. The number of benzene rings is 1. The van der Waals surface area contributed by atoms with Gasteiger partial charge in [-0.3, -0.25) is 4.90 Å². The summed E-state index contributed by atoms with van der Waals surface area (Å²) in [7, 11) is 2.01. The largest absolute Gasteiger partial charge is 0.494 e. The zero-order chi connectivity index (χ0) is 14.4. The van der Waals surface area contributed by atoms with Crippen LogP contribution in [0.3, 0.4) is 0 Å². The van der Waals surface area contributed by atoms with Crippen LogP contribution in [-0.2, 0) is 6.54 Å². The van der Waals surface area contributed by atoms with Crippen LogP contribution in [0.4, 0.5) is 0 Å². The molecule has 1 atom stereocenters. The van der Waals surface area contributed by atoms with Gasteiger partial charge in [0, 0.05) is 18.2 Å². The maximum Gasteiger partial charge on any atom is 0.123 e. The number of hydrogen-bond donors (Lipinski definition) is 1. The van der Waals surface area contributed by atoms with Crippen LogP contribution in [0.5, 0.6) is 5.75 Å².